The van der Waals surface area contributed by atoms with E-state index in [1.165, 1.54) is 13.0 Å². The number of hydrogen-bond donors (Lipinski definition) is 2. The van der Waals surface area contributed by atoms with Crippen LogP contribution in [0.1, 0.15) is 69.1 Å². The molecule has 0 bridgehead atoms. The fourth-order valence-electron chi connectivity index (χ4n) is 3.95. The number of hydrogen-bond acceptors (Lipinski definition) is 7. The fraction of sp³-hybridized carbons (Fsp3) is 0.524. The molecular formula is C21H27N5O5. The lowest BCUT2D eigenvalue weighted by molar-refractivity contribution is -0.385. The first-order chi connectivity index (χ1) is 14.8. The van der Waals surface area contributed by atoms with Crippen LogP contribution in [0.5, 0.6) is 0 Å². The van der Waals surface area contributed by atoms with Gasteiger partial charge in [-0.05, 0) is 25.8 Å². The van der Waals surface area contributed by atoms with E-state index >= 15 is 0 Å². The number of rotatable bonds is 7. The Bertz CT molecular complexity index is 963. The van der Waals surface area contributed by atoms with E-state index in [2.05, 4.69) is 20.8 Å². The Morgan fingerprint density at radius 3 is 2.58 bits per heavy atom. The van der Waals surface area contributed by atoms with Gasteiger partial charge in [-0.15, -0.1) is 0 Å². The molecule has 1 aromatic carbocycles. The lowest BCUT2D eigenvalue weighted by Crippen LogP contribution is -2.45. The number of aryl methyl sites for hydroxylation is 2. The van der Waals surface area contributed by atoms with Gasteiger partial charge < -0.3 is 15.2 Å². The molecule has 10 heteroatoms. The van der Waals surface area contributed by atoms with Crippen LogP contribution in [-0.2, 0) is 21.5 Å². The molecule has 0 saturated heterocycles. The Morgan fingerprint density at radius 1 is 1.23 bits per heavy atom. The molecule has 2 N–H and O–H groups in total. The van der Waals surface area contributed by atoms with Crippen molar-refractivity contribution in [2.24, 2.45) is 0 Å². The van der Waals surface area contributed by atoms with Gasteiger partial charge in [-0.25, -0.2) is 0 Å². The van der Waals surface area contributed by atoms with E-state index in [4.69, 9.17) is 4.52 Å². The molecule has 1 fully saturated rings. The monoisotopic (exact) mass is 429 g/mol. The summed E-state index contributed by atoms with van der Waals surface area (Å²) in [7, 11) is 0. The van der Waals surface area contributed by atoms with Crippen molar-refractivity contribution >= 4 is 23.2 Å². The summed E-state index contributed by atoms with van der Waals surface area (Å²) in [6, 6.07) is 4.54. The van der Waals surface area contributed by atoms with Gasteiger partial charge in [0.2, 0.25) is 17.7 Å². The largest absolute Gasteiger partial charge is 0.343 e. The predicted molar refractivity (Wildman–Crippen MR) is 112 cm³/mol. The van der Waals surface area contributed by atoms with Crippen LogP contribution in [-0.4, -0.2) is 26.9 Å². The predicted octanol–water partition coefficient (Wildman–Crippen LogP) is 3.54. The standard InChI is InChI=1S/C21H27N5O5/c1-14-7-8-16(13-17(14)26(29)30)22-18(28)9-10-19-23-20(25-31-19)21(24-15(2)27)11-5-3-4-6-12-21/h7-8,13H,3-6,9-12H2,1-2H3,(H,22,28)(H,24,27). The maximum atomic E-state index is 12.3. The summed E-state index contributed by atoms with van der Waals surface area (Å²) in [5, 5.41) is 20.8. The number of carbonyl (C=O) groups is 2. The van der Waals surface area contributed by atoms with E-state index in [9.17, 15) is 19.7 Å². The van der Waals surface area contributed by atoms with Crippen molar-refractivity contribution in [1.29, 1.82) is 0 Å². The summed E-state index contributed by atoms with van der Waals surface area (Å²) >= 11 is 0. The van der Waals surface area contributed by atoms with Crippen LogP contribution in [0.4, 0.5) is 11.4 Å². The van der Waals surface area contributed by atoms with Gasteiger partial charge in [0.1, 0.15) is 5.54 Å². The molecule has 166 valence electrons. The van der Waals surface area contributed by atoms with Gasteiger partial charge in [0.05, 0.1) is 4.92 Å². The van der Waals surface area contributed by atoms with Crippen molar-refractivity contribution < 1.29 is 19.0 Å². The number of amides is 2. The average molecular weight is 429 g/mol. The quantitative estimate of drug-likeness (QED) is 0.389. The van der Waals surface area contributed by atoms with Crippen LogP contribution in [0.3, 0.4) is 0 Å². The Balaban J connectivity index is 1.64. The summed E-state index contributed by atoms with van der Waals surface area (Å²) in [6.07, 6.45) is 5.94. The summed E-state index contributed by atoms with van der Waals surface area (Å²) < 4.78 is 5.35. The fourth-order valence-corrected chi connectivity index (χ4v) is 3.95. The highest BCUT2D eigenvalue weighted by atomic mass is 16.6. The molecule has 0 atom stereocenters. The maximum absolute atomic E-state index is 12.3. The van der Waals surface area contributed by atoms with Gasteiger partial charge in [0.15, 0.2) is 5.82 Å². The van der Waals surface area contributed by atoms with Crippen LogP contribution in [0, 0.1) is 17.0 Å². The number of nitro groups is 1. The van der Waals surface area contributed by atoms with Crippen molar-refractivity contribution in [3.63, 3.8) is 0 Å². The molecule has 10 nitrogen and oxygen atoms in total. The third-order valence-corrected chi connectivity index (χ3v) is 5.52. The summed E-state index contributed by atoms with van der Waals surface area (Å²) in [4.78, 5) is 39.1. The highest BCUT2D eigenvalue weighted by Gasteiger charge is 2.38. The third-order valence-electron chi connectivity index (χ3n) is 5.52. The Kier molecular flexibility index (Phi) is 6.98. The Hall–Kier alpha value is -3.30. The SMILES string of the molecule is CC(=O)NC1(c2noc(CCC(=O)Nc3ccc(C)c([N+](=O)[O-])c3)n2)CCCCCC1. The van der Waals surface area contributed by atoms with Crippen LogP contribution in [0.15, 0.2) is 22.7 Å². The van der Waals surface area contributed by atoms with Crippen molar-refractivity contribution in [1.82, 2.24) is 15.5 Å². The molecule has 0 radical (unpaired) electrons. The van der Waals surface area contributed by atoms with Crippen molar-refractivity contribution in [3.05, 3.63) is 45.6 Å². The topological polar surface area (TPSA) is 140 Å². The molecule has 0 aliphatic heterocycles. The summed E-state index contributed by atoms with van der Waals surface area (Å²) in [6.45, 7) is 3.12. The van der Waals surface area contributed by atoms with E-state index < -0.39 is 10.5 Å². The lowest BCUT2D eigenvalue weighted by atomic mass is 9.89. The average Bonchev–Trinajstić information content (AvgIpc) is 3.07. The third kappa shape index (κ3) is 5.65. The van der Waals surface area contributed by atoms with Gasteiger partial charge in [-0.2, -0.15) is 4.98 Å². The number of aromatic nitrogens is 2. The zero-order valence-electron chi connectivity index (χ0n) is 17.8. The molecule has 0 unspecified atom stereocenters. The van der Waals surface area contributed by atoms with Crippen molar-refractivity contribution in [3.8, 4) is 0 Å². The number of carbonyl (C=O) groups excluding carboxylic acids is 2. The van der Waals surface area contributed by atoms with Crippen LogP contribution in [0.2, 0.25) is 0 Å². The normalized spacial score (nSPS) is 15.7. The molecule has 1 aliphatic rings. The van der Waals surface area contributed by atoms with Gasteiger partial charge in [0, 0.05) is 37.1 Å². The van der Waals surface area contributed by atoms with Crippen LogP contribution < -0.4 is 10.6 Å². The first kappa shape index (κ1) is 22.4. The number of nitrogens with zero attached hydrogens (tertiary/aromatic N) is 3. The molecule has 2 aromatic rings. The molecular weight excluding hydrogens is 402 g/mol. The van der Waals surface area contributed by atoms with Gasteiger partial charge in [-0.3, -0.25) is 19.7 Å². The van der Waals surface area contributed by atoms with Crippen LogP contribution >= 0.6 is 0 Å². The number of anilines is 1. The minimum Gasteiger partial charge on any atom is -0.343 e. The van der Waals surface area contributed by atoms with Gasteiger partial charge in [0.25, 0.3) is 5.69 Å². The second kappa shape index (κ2) is 9.67. The molecule has 1 aromatic heterocycles. The first-order valence-electron chi connectivity index (χ1n) is 10.5. The van der Waals surface area contributed by atoms with Gasteiger partial charge >= 0.3 is 0 Å². The Morgan fingerprint density at radius 2 is 1.94 bits per heavy atom. The molecule has 1 saturated carbocycles. The highest BCUT2D eigenvalue weighted by molar-refractivity contribution is 5.91. The zero-order valence-corrected chi connectivity index (χ0v) is 17.8. The van der Waals surface area contributed by atoms with E-state index in [0.717, 1.165) is 38.5 Å². The molecule has 1 aliphatic carbocycles. The molecule has 0 spiro atoms. The van der Waals surface area contributed by atoms with E-state index in [0.29, 0.717) is 23.0 Å². The minimum absolute atomic E-state index is 0.0500. The van der Waals surface area contributed by atoms with E-state index in [1.54, 1.807) is 19.1 Å². The second-order valence-electron chi connectivity index (χ2n) is 8.00. The molecule has 31 heavy (non-hydrogen) atoms. The van der Waals surface area contributed by atoms with Crippen molar-refractivity contribution in [2.75, 3.05) is 5.32 Å². The number of benzene rings is 1. The molecule has 2 amide bonds. The Labute approximate surface area is 179 Å². The minimum atomic E-state index is -0.632. The van der Waals surface area contributed by atoms with E-state index in [1.807, 2.05) is 0 Å². The van der Waals surface area contributed by atoms with Crippen molar-refractivity contribution in [2.45, 2.75) is 70.8 Å². The van der Waals surface area contributed by atoms with Gasteiger partial charge in [-0.1, -0.05) is 36.9 Å². The molecule has 3 rings (SSSR count). The second-order valence-corrected chi connectivity index (χ2v) is 8.00. The lowest BCUT2D eigenvalue weighted by Gasteiger charge is -2.30. The smallest absolute Gasteiger partial charge is 0.274 e. The van der Waals surface area contributed by atoms with Crippen LogP contribution in [0.25, 0.3) is 0 Å². The van der Waals surface area contributed by atoms with E-state index in [-0.39, 0.29) is 30.3 Å². The highest BCUT2D eigenvalue weighted by Crippen LogP contribution is 2.34. The zero-order chi connectivity index (χ0) is 22.4. The number of nitro benzene ring substituents is 1. The molecule has 1 heterocycles. The first-order valence-corrected chi connectivity index (χ1v) is 10.5. The summed E-state index contributed by atoms with van der Waals surface area (Å²) in [5.74, 6) is 0.312. The number of nitrogens with one attached hydrogen (secondary N) is 2. The maximum Gasteiger partial charge on any atom is 0.274 e. The summed E-state index contributed by atoms with van der Waals surface area (Å²) in [5.41, 5.74) is 0.197.